The Balaban J connectivity index is 1.85. The van der Waals surface area contributed by atoms with Crippen LogP contribution < -0.4 is 5.73 Å². The van der Waals surface area contributed by atoms with Crippen LogP contribution in [0.25, 0.3) is 0 Å². The van der Waals surface area contributed by atoms with Crippen molar-refractivity contribution in [3.63, 3.8) is 0 Å². The van der Waals surface area contributed by atoms with Crippen molar-refractivity contribution in [3.8, 4) is 0 Å². The molecule has 4 nitrogen and oxygen atoms in total. The molecular weight excluding hydrogens is 228 g/mol. The molecule has 0 saturated carbocycles. The van der Waals surface area contributed by atoms with Crippen LogP contribution in [0.4, 0.5) is 0 Å². The average molecular weight is 252 g/mol. The van der Waals surface area contributed by atoms with E-state index in [1.807, 2.05) is 6.92 Å². The van der Waals surface area contributed by atoms with Crippen molar-refractivity contribution in [1.29, 1.82) is 0 Å². The van der Waals surface area contributed by atoms with Gasteiger partial charge in [0.05, 0.1) is 6.54 Å². The van der Waals surface area contributed by atoms with Crippen LogP contribution in [0, 0.1) is 12.8 Å². The Bertz CT molecular complexity index is 370. The molecule has 1 saturated heterocycles. The van der Waals surface area contributed by atoms with E-state index in [9.17, 15) is 0 Å². The summed E-state index contributed by atoms with van der Waals surface area (Å²) in [6.07, 6.45) is 2.37. The molecule has 4 heteroatoms. The summed E-state index contributed by atoms with van der Waals surface area (Å²) >= 11 is 0. The van der Waals surface area contributed by atoms with Gasteiger partial charge in [0.15, 0.2) is 0 Å². The standard InChI is InChI=1S/C14H24N2O2/c1-11-13(7-14(8-15)18-11)10-16(2)9-12-3-5-17-6-4-12/h7,12H,3-6,8-10,15H2,1-2H3. The van der Waals surface area contributed by atoms with E-state index in [4.69, 9.17) is 14.9 Å². The second-order valence-electron chi connectivity index (χ2n) is 5.25. The maximum Gasteiger partial charge on any atom is 0.118 e. The second-order valence-corrected chi connectivity index (χ2v) is 5.25. The fraction of sp³-hybridized carbons (Fsp3) is 0.714. The maximum absolute atomic E-state index is 5.59. The van der Waals surface area contributed by atoms with Crippen molar-refractivity contribution in [1.82, 2.24) is 4.90 Å². The average Bonchev–Trinajstić information content (AvgIpc) is 2.71. The summed E-state index contributed by atoms with van der Waals surface area (Å²) in [5.41, 5.74) is 6.85. The van der Waals surface area contributed by atoms with E-state index < -0.39 is 0 Å². The van der Waals surface area contributed by atoms with E-state index in [2.05, 4.69) is 18.0 Å². The Labute approximate surface area is 109 Å². The summed E-state index contributed by atoms with van der Waals surface area (Å²) in [5.74, 6) is 2.64. The van der Waals surface area contributed by atoms with Gasteiger partial charge >= 0.3 is 0 Å². The predicted molar refractivity (Wildman–Crippen MR) is 71.2 cm³/mol. The molecule has 18 heavy (non-hydrogen) atoms. The van der Waals surface area contributed by atoms with Gasteiger partial charge < -0.3 is 19.8 Å². The molecule has 0 spiro atoms. The van der Waals surface area contributed by atoms with Gasteiger partial charge in [0, 0.05) is 31.9 Å². The molecular formula is C14H24N2O2. The monoisotopic (exact) mass is 252 g/mol. The van der Waals surface area contributed by atoms with Crippen LogP contribution in [0.3, 0.4) is 0 Å². The summed E-state index contributed by atoms with van der Waals surface area (Å²) in [6.45, 7) is 6.39. The van der Waals surface area contributed by atoms with Crippen LogP contribution in [-0.4, -0.2) is 31.7 Å². The molecule has 2 heterocycles. The highest BCUT2D eigenvalue weighted by Gasteiger charge is 2.17. The fourth-order valence-corrected chi connectivity index (χ4v) is 2.57. The van der Waals surface area contributed by atoms with Crippen molar-refractivity contribution in [2.24, 2.45) is 11.7 Å². The lowest BCUT2D eigenvalue weighted by molar-refractivity contribution is 0.0549. The van der Waals surface area contributed by atoms with Gasteiger partial charge in [-0.1, -0.05) is 0 Å². The quantitative estimate of drug-likeness (QED) is 0.869. The van der Waals surface area contributed by atoms with Gasteiger partial charge in [-0.15, -0.1) is 0 Å². The summed E-state index contributed by atoms with van der Waals surface area (Å²) in [7, 11) is 2.17. The summed E-state index contributed by atoms with van der Waals surface area (Å²) in [6, 6.07) is 2.08. The van der Waals surface area contributed by atoms with Gasteiger partial charge in [-0.05, 0) is 38.8 Å². The van der Waals surface area contributed by atoms with Gasteiger partial charge in [0.1, 0.15) is 11.5 Å². The molecule has 0 aromatic carbocycles. The Hall–Kier alpha value is -0.840. The number of nitrogens with two attached hydrogens (primary N) is 1. The first-order valence-corrected chi connectivity index (χ1v) is 6.73. The van der Waals surface area contributed by atoms with Gasteiger partial charge in [-0.25, -0.2) is 0 Å². The predicted octanol–water partition coefficient (Wildman–Crippen LogP) is 1.91. The lowest BCUT2D eigenvalue weighted by Crippen LogP contribution is -2.29. The van der Waals surface area contributed by atoms with Gasteiger partial charge in [0.2, 0.25) is 0 Å². The summed E-state index contributed by atoms with van der Waals surface area (Å²) in [4.78, 5) is 2.37. The van der Waals surface area contributed by atoms with Crippen LogP contribution in [0.5, 0.6) is 0 Å². The summed E-state index contributed by atoms with van der Waals surface area (Å²) < 4.78 is 11.0. The fourth-order valence-electron chi connectivity index (χ4n) is 2.57. The first-order chi connectivity index (χ1) is 8.69. The number of hydrogen-bond donors (Lipinski definition) is 1. The molecule has 102 valence electrons. The van der Waals surface area contributed by atoms with Crippen LogP contribution in [0.2, 0.25) is 0 Å². The van der Waals surface area contributed by atoms with Crippen molar-refractivity contribution in [3.05, 3.63) is 23.2 Å². The highest BCUT2D eigenvalue weighted by atomic mass is 16.5. The van der Waals surface area contributed by atoms with Gasteiger partial charge in [-0.2, -0.15) is 0 Å². The van der Waals surface area contributed by atoms with Gasteiger partial charge in [-0.3, -0.25) is 0 Å². The van der Waals surface area contributed by atoms with E-state index in [-0.39, 0.29) is 0 Å². The van der Waals surface area contributed by atoms with Gasteiger partial charge in [0.25, 0.3) is 0 Å². The van der Waals surface area contributed by atoms with E-state index in [0.29, 0.717) is 6.54 Å². The zero-order valence-corrected chi connectivity index (χ0v) is 11.4. The molecule has 0 bridgehead atoms. The SMILES string of the molecule is Cc1oc(CN)cc1CN(C)CC1CCOCC1. The number of hydrogen-bond acceptors (Lipinski definition) is 4. The van der Waals surface area contributed by atoms with Crippen molar-refractivity contribution >= 4 is 0 Å². The Kier molecular flexibility index (Phi) is 4.80. The Morgan fingerprint density at radius 3 is 2.72 bits per heavy atom. The van der Waals surface area contributed by atoms with Crippen LogP contribution in [0.15, 0.2) is 10.5 Å². The van der Waals surface area contributed by atoms with Crippen molar-refractivity contribution in [2.45, 2.75) is 32.9 Å². The number of aryl methyl sites for hydroxylation is 1. The third kappa shape index (κ3) is 3.57. The maximum atomic E-state index is 5.59. The smallest absolute Gasteiger partial charge is 0.118 e. The number of rotatable bonds is 5. The molecule has 0 aliphatic carbocycles. The Morgan fingerprint density at radius 2 is 2.11 bits per heavy atom. The third-order valence-electron chi connectivity index (χ3n) is 3.62. The minimum Gasteiger partial charge on any atom is -0.465 e. The van der Waals surface area contributed by atoms with Crippen molar-refractivity contribution < 1.29 is 9.15 Å². The normalized spacial score (nSPS) is 17.6. The molecule has 0 atom stereocenters. The van der Waals surface area contributed by atoms with Crippen molar-refractivity contribution in [2.75, 3.05) is 26.8 Å². The number of nitrogens with zero attached hydrogens (tertiary/aromatic N) is 1. The molecule has 0 unspecified atom stereocenters. The molecule has 1 fully saturated rings. The zero-order valence-electron chi connectivity index (χ0n) is 11.4. The number of furan rings is 1. The number of ether oxygens (including phenoxy) is 1. The highest BCUT2D eigenvalue weighted by molar-refractivity contribution is 5.20. The van der Waals surface area contributed by atoms with Crippen LogP contribution >= 0.6 is 0 Å². The van der Waals surface area contributed by atoms with E-state index in [1.165, 1.54) is 18.4 Å². The molecule has 1 aromatic rings. The van der Waals surface area contributed by atoms with E-state index in [0.717, 1.165) is 43.7 Å². The van der Waals surface area contributed by atoms with E-state index >= 15 is 0 Å². The molecule has 2 rings (SSSR count). The highest BCUT2D eigenvalue weighted by Crippen LogP contribution is 2.19. The Morgan fingerprint density at radius 1 is 1.39 bits per heavy atom. The zero-order chi connectivity index (χ0) is 13.0. The minimum absolute atomic E-state index is 0.477. The molecule has 0 amide bonds. The molecule has 1 aromatic heterocycles. The molecule has 1 aliphatic heterocycles. The topological polar surface area (TPSA) is 51.6 Å². The molecule has 2 N–H and O–H groups in total. The van der Waals surface area contributed by atoms with E-state index in [1.54, 1.807) is 0 Å². The van der Waals surface area contributed by atoms with Crippen LogP contribution in [0.1, 0.15) is 29.9 Å². The van der Waals surface area contributed by atoms with Crippen LogP contribution in [-0.2, 0) is 17.8 Å². The summed E-state index contributed by atoms with van der Waals surface area (Å²) in [5, 5.41) is 0. The lowest BCUT2D eigenvalue weighted by Gasteiger charge is -2.26. The minimum atomic E-state index is 0.477. The second kappa shape index (κ2) is 6.36. The molecule has 1 aliphatic rings. The third-order valence-corrected chi connectivity index (χ3v) is 3.62. The lowest BCUT2D eigenvalue weighted by atomic mass is 10.00. The first kappa shape index (κ1) is 13.6. The largest absolute Gasteiger partial charge is 0.465 e. The molecule has 0 radical (unpaired) electrons. The first-order valence-electron chi connectivity index (χ1n) is 6.73.